The summed E-state index contributed by atoms with van der Waals surface area (Å²) in [6, 6.07) is 5.48. The molecule has 4 amide bonds. The Morgan fingerprint density at radius 1 is 1.31 bits per heavy atom. The van der Waals surface area contributed by atoms with E-state index in [9.17, 15) is 23.2 Å². The predicted molar refractivity (Wildman–Crippen MR) is 90.1 cm³/mol. The summed E-state index contributed by atoms with van der Waals surface area (Å²) in [5, 5.41) is 6.81. The lowest BCUT2D eigenvalue weighted by atomic mass is 9.91. The molecule has 1 saturated heterocycles. The molecule has 2 aromatic rings. The average Bonchev–Trinajstić information content (AvgIpc) is 3.18. The molecule has 26 heavy (non-hydrogen) atoms. The summed E-state index contributed by atoms with van der Waals surface area (Å²) in [5.41, 5.74) is -2.07. The summed E-state index contributed by atoms with van der Waals surface area (Å²) in [6.45, 7) is 1.03. The molecular weight excluding hydrogens is 364 g/mol. The number of benzene rings is 1. The zero-order chi connectivity index (χ0) is 18.9. The fourth-order valence-corrected chi connectivity index (χ4v) is 3.35. The quantitative estimate of drug-likeness (QED) is 0.781. The molecule has 3 rings (SSSR count). The minimum Gasteiger partial charge on any atom is -0.350 e. The number of urea groups is 1. The number of rotatable bonds is 5. The van der Waals surface area contributed by atoms with Crippen LogP contribution in [0.2, 0.25) is 0 Å². The van der Waals surface area contributed by atoms with Crippen molar-refractivity contribution in [3.05, 3.63) is 57.8 Å². The van der Waals surface area contributed by atoms with Gasteiger partial charge in [0.25, 0.3) is 5.91 Å². The van der Waals surface area contributed by atoms with Gasteiger partial charge < -0.3 is 10.6 Å². The molecule has 1 aliphatic rings. The molecule has 0 saturated carbocycles. The lowest BCUT2D eigenvalue weighted by Crippen LogP contribution is -2.43. The van der Waals surface area contributed by atoms with Crippen molar-refractivity contribution in [2.75, 3.05) is 6.54 Å². The van der Waals surface area contributed by atoms with Crippen LogP contribution in [0.15, 0.2) is 35.7 Å². The van der Waals surface area contributed by atoms with Gasteiger partial charge in [-0.25, -0.2) is 13.6 Å². The van der Waals surface area contributed by atoms with E-state index in [0.29, 0.717) is 4.90 Å². The van der Waals surface area contributed by atoms with Gasteiger partial charge in [0.1, 0.15) is 23.7 Å². The molecule has 0 spiro atoms. The molecule has 1 atom stereocenters. The number of nitrogens with zero attached hydrogens (tertiary/aromatic N) is 1. The van der Waals surface area contributed by atoms with Crippen molar-refractivity contribution < 1.29 is 23.2 Å². The summed E-state index contributed by atoms with van der Waals surface area (Å²) < 4.78 is 27.5. The van der Waals surface area contributed by atoms with E-state index in [1.165, 1.54) is 18.3 Å². The molecule has 6 nitrogen and oxygen atoms in total. The van der Waals surface area contributed by atoms with E-state index in [1.54, 1.807) is 0 Å². The minimum absolute atomic E-state index is 0.274. The molecule has 2 heterocycles. The first-order valence-electron chi connectivity index (χ1n) is 7.70. The Morgan fingerprint density at radius 3 is 2.77 bits per heavy atom. The van der Waals surface area contributed by atoms with Crippen molar-refractivity contribution in [3.63, 3.8) is 0 Å². The van der Waals surface area contributed by atoms with Gasteiger partial charge in [-0.1, -0.05) is 6.07 Å². The van der Waals surface area contributed by atoms with Crippen LogP contribution in [0.4, 0.5) is 13.6 Å². The fourth-order valence-electron chi connectivity index (χ4n) is 2.70. The standard InChI is InChI=1S/C17H15F2N3O3S/c1-17(12-7-10(18)4-5-13(12)19)15(24)22(16(25)21-17)9-14(23)20-8-11-3-2-6-26-11/h2-7H,8-9H2,1H3,(H,20,23)(H,21,25)/t17-/m0/s1. The van der Waals surface area contributed by atoms with Crippen LogP contribution in [0.3, 0.4) is 0 Å². The maximum atomic E-state index is 14.1. The number of carbonyl (C=O) groups is 3. The number of amides is 4. The highest BCUT2D eigenvalue weighted by Crippen LogP contribution is 2.31. The normalized spacial score (nSPS) is 19.6. The van der Waals surface area contributed by atoms with E-state index in [4.69, 9.17) is 0 Å². The molecular formula is C17H15F2N3O3S. The van der Waals surface area contributed by atoms with Gasteiger partial charge >= 0.3 is 6.03 Å². The smallest absolute Gasteiger partial charge is 0.325 e. The third-order valence-corrected chi connectivity index (χ3v) is 4.96. The van der Waals surface area contributed by atoms with Crippen molar-refractivity contribution in [1.29, 1.82) is 0 Å². The van der Waals surface area contributed by atoms with Crippen LogP contribution in [0.25, 0.3) is 0 Å². The molecule has 1 aromatic carbocycles. The Kier molecular flexibility index (Phi) is 4.73. The lowest BCUT2D eigenvalue weighted by Gasteiger charge is -2.22. The lowest BCUT2D eigenvalue weighted by molar-refractivity contribution is -0.134. The van der Waals surface area contributed by atoms with Gasteiger partial charge in [0.15, 0.2) is 0 Å². The first-order valence-corrected chi connectivity index (χ1v) is 8.58. The first kappa shape index (κ1) is 18.0. The van der Waals surface area contributed by atoms with Gasteiger partial charge in [-0.3, -0.25) is 14.5 Å². The molecule has 1 fully saturated rings. The summed E-state index contributed by atoms with van der Waals surface area (Å²) >= 11 is 1.46. The Bertz CT molecular complexity index is 872. The summed E-state index contributed by atoms with van der Waals surface area (Å²) in [4.78, 5) is 38.4. The number of nitrogens with one attached hydrogen (secondary N) is 2. The molecule has 0 radical (unpaired) electrons. The third kappa shape index (κ3) is 3.30. The minimum atomic E-state index is -1.78. The Labute approximate surface area is 151 Å². The Balaban J connectivity index is 1.74. The van der Waals surface area contributed by atoms with Crippen LogP contribution in [-0.4, -0.2) is 29.3 Å². The summed E-state index contributed by atoms with van der Waals surface area (Å²) in [6.07, 6.45) is 0. The number of hydrogen-bond acceptors (Lipinski definition) is 4. The predicted octanol–water partition coefficient (Wildman–Crippen LogP) is 2.11. The molecule has 1 aliphatic heterocycles. The van der Waals surface area contributed by atoms with E-state index in [-0.39, 0.29) is 12.1 Å². The SMILES string of the molecule is C[C@@]1(c2cc(F)ccc2F)NC(=O)N(CC(=O)NCc2cccs2)C1=O. The number of thiophene rings is 1. The highest BCUT2D eigenvalue weighted by molar-refractivity contribution is 7.09. The highest BCUT2D eigenvalue weighted by atomic mass is 32.1. The van der Waals surface area contributed by atoms with Crippen molar-refractivity contribution in [1.82, 2.24) is 15.5 Å². The van der Waals surface area contributed by atoms with E-state index in [0.717, 1.165) is 23.1 Å². The maximum absolute atomic E-state index is 14.1. The van der Waals surface area contributed by atoms with E-state index < -0.39 is 41.6 Å². The second-order valence-electron chi connectivity index (χ2n) is 5.93. The zero-order valence-electron chi connectivity index (χ0n) is 13.7. The third-order valence-electron chi connectivity index (χ3n) is 4.08. The van der Waals surface area contributed by atoms with Gasteiger partial charge in [0, 0.05) is 10.4 Å². The van der Waals surface area contributed by atoms with Gasteiger partial charge in [-0.2, -0.15) is 0 Å². The van der Waals surface area contributed by atoms with Gasteiger partial charge in [0.05, 0.1) is 6.54 Å². The van der Waals surface area contributed by atoms with Gasteiger partial charge in [-0.05, 0) is 36.6 Å². The van der Waals surface area contributed by atoms with Gasteiger partial charge in [0.2, 0.25) is 5.91 Å². The van der Waals surface area contributed by atoms with E-state index in [2.05, 4.69) is 10.6 Å². The number of halogens is 2. The molecule has 1 aromatic heterocycles. The maximum Gasteiger partial charge on any atom is 0.325 e. The molecule has 136 valence electrons. The molecule has 9 heteroatoms. The second-order valence-corrected chi connectivity index (χ2v) is 6.96. The fraction of sp³-hybridized carbons (Fsp3) is 0.235. The first-order chi connectivity index (χ1) is 12.3. The Hall–Kier alpha value is -2.81. The van der Waals surface area contributed by atoms with Crippen LogP contribution in [-0.2, 0) is 21.7 Å². The van der Waals surface area contributed by atoms with Crippen molar-refractivity contribution in [2.45, 2.75) is 19.0 Å². The second kappa shape index (κ2) is 6.83. The van der Waals surface area contributed by atoms with Crippen LogP contribution in [0.1, 0.15) is 17.4 Å². The van der Waals surface area contributed by atoms with Crippen molar-refractivity contribution in [2.24, 2.45) is 0 Å². The summed E-state index contributed by atoms with van der Waals surface area (Å²) in [5.74, 6) is -2.92. The number of hydrogen-bond donors (Lipinski definition) is 2. The number of imide groups is 1. The van der Waals surface area contributed by atoms with Crippen LogP contribution >= 0.6 is 11.3 Å². The Morgan fingerprint density at radius 2 is 2.08 bits per heavy atom. The molecule has 0 aliphatic carbocycles. The molecule has 0 bridgehead atoms. The van der Waals surface area contributed by atoms with E-state index in [1.807, 2.05) is 17.5 Å². The van der Waals surface area contributed by atoms with Crippen molar-refractivity contribution in [3.8, 4) is 0 Å². The average molecular weight is 379 g/mol. The van der Waals surface area contributed by atoms with Crippen molar-refractivity contribution >= 4 is 29.2 Å². The monoisotopic (exact) mass is 379 g/mol. The van der Waals surface area contributed by atoms with Crippen LogP contribution < -0.4 is 10.6 Å². The zero-order valence-corrected chi connectivity index (χ0v) is 14.5. The number of carbonyl (C=O) groups excluding carboxylic acids is 3. The summed E-state index contributed by atoms with van der Waals surface area (Å²) in [7, 11) is 0. The molecule has 0 unspecified atom stereocenters. The highest BCUT2D eigenvalue weighted by Gasteiger charge is 2.50. The topological polar surface area (TPSA) is 78.5 Å². The van der Waals surface area contributed by atoms with Crippen LogP contribution in [0, 0.1) is 11.6 Å². The van der Waals surface area contributed by atoms with Gasteiger partial charge in [-0.15, -0.1) is 11.3 Å². The van der Waals surface area contributed by atoms with E-state index >= 15 is 0 Å². The largest absolute Gasteiger partial charge is 0.350 e. The van der Waals surface area contributed by atoms with Crippen LogP contribution in [0.5, 0.6) is 0 Å². The molecule has 2 N–H and O–H groups in total.